The molecule has 18 heavy (non-hydrogen) atoms. The van der Waals surface area contributed by atoms with Crippen molar-refractivity contribution >= 4 is 19.9 Å². The van der Waals surface area contributed by atoms with Crippen LogP contribution in [0.3, 0.4) is 0 Å². The molecule has 1 atom stereocenters. The van der Waals surface area contributed by atoms with Crippen molar-refractivity contribution in [1.29, 1.82) is 0 Å². The molecule has 1 aromatic rings. The molecule has 1 aromatic carbocycles. The molecule has 1 fully saturated rings. The number of sulfonamides is 1. The average molecular weight is 289 g/mol. The van der Waals surface area contributed by atoms with E-state index in [1.165, 1.54) is 12.1 Å². The first-order valence-electron chi connectivity index (χ1n) is 5.52. The third-order valence-electron chi connectivity index (χ3n) is 2.94. The van der Waals surface area contributed by atoms with Gasteiger partial charge in [-0.1, -0.05) is 18.2 Å². The van der Waals surface area contributed by atoms with Gasteiger partial charge in [-0.2, -0.15) is 0 Å². The zero-order chi connectivity index (χ0) is 13.4. The molecule has 5 nitrogen and oxygen atoms in total. The second-order valence-corrected chi connectivity index (χ2v) is 8.69. The second-order valence-electron chi connectivity index (χ2n) is 4.82. The van der Waals surface area contributed by atoms with Crippen LogP contribution in [0.4, 0.5) is 0 Å². The SMILES string of the molecule is C[C@]1(NS(=O)(=O)c2ccccc2)CCS(=O)(=O)C1. The molecule has 100 valence electrons. The van der Waals surface area contributed by atoms with Crippen molar-refractivity contribution in [2.24, 2.45) is 0 Å². The van der Waals surface area contributed by atoms with E-state index in [2.05, 4.69) is 4.72 Å². The first-order chi connectivity index (χ1) is 8.23. The van der Waals surface area contributed by atoms with Gasteiger partial charge >= 0.3 is 0 Å². The van der Waals surface area contributed by atoms with Gasteiger partial charge in [0.15, 0.2) is 9.84 Å². The average Bonchev–Trinajstić information content (AvgIpc) is 2.53. The fraction of sp³-hybridized carbons (Fsp3) is 0.455. The van der Waals surface area contributed by atoms with Crippen LogP contribution in [0.5, 0.6) is 0 Å². The quantitative estimate of drug-likeness (QED) is 0.881. The summed E-state index contributed by atoms with van der Waals surface area (Å²) in [6.45, 7) is 1.62. The Bertz CT molecular complexity index is 637. The molecule has 0 aliphatic carbocycles. The van der Waals surface area contributed by atoms with Gasteiger partial charge in [0.1, 0.15) is 0 Å². The lowest BCUT2D eigenvalue weighted by molar-refractivity contribution is 0.462. The van der Waals surface area contributed by atoms with Crippen LogP contribution in [0.1, 0.15) is 13.3 Å². The van der Waals surface area contributed by atoms with Crippen molar-refractivity contribution in [2.75, 3.05) is 11.5 Å². The van der Waals surface area contributed by atoms with Crippen LogP contribution in [-0.4, -0.2) is 33.9 Å². The number of sulfone groups is 1. The Morgan fingerprint density at radius 2 is 1.83 bits per heavy atom. The summed E-state index contributed by atoms with van der Waals surface area (Å²) >= 11 is 0. The molecule has 1 saturated heterocycles. The Kier molecular flexibility index (Phi) is 3.25. The number of hydrogen-bond acceptors (Lipinski definition) is 4. The van der Waals surface area contributed by atoms with Crippen molar-refractivity contribution in [3.63, 3.8) is 0 Å². The van der Waals surface area contributed by atoms with E-state index in [-0.39, 0.29) is 16.4 Å². The standard InChI is InChI=1S/C11H15NO4S2/c1-11(7-8-17(13,14)9-11)12-18(15,16)10-5-3-2-4-6-10/h2-6,12H,7-9H2,1H3/t11-/m0/s1. The van der Waals surface area contributed by atoms with Gasteiger partial charge in [0.2, 0.25) is 10.0 Å². The fourth-order valence-corrected chi connectivity index (χ4v) is 5.71. The molecule has 0 spiro atoms. The summed E-state index contributed by atoms with van der Waals surface area (Å²) in [6.07, 6.45) is 0.307. The monoisotopic (exact) mass is 289 g/mol. The topological polar surface area (TPSA) is 80.3 Å². The van der Waals surface area contributed by atoms with Crippen LogP contribution in [0.15, 0.2) is 35.2 Å². The molecule has 0 saturated carbocycles. The number of benzene rings is 1. The molecule has 1 aliphatic heterocycles. The van der Waals surface area contributed by atoms with Gasteiger partial charge in [-0.15, -0.1) is 0 Å². The molecule has 2 rings (SSSR count). The van der Waals surface area contributed by atoms with Gasteiger partial charge in [-0.3, -0.25) is 0 Å². The Morgan fingerprint density at radius 1 is 1.22 bits per heavy atom. The van der Waals surface area contributed by atoms with Gasteiger partial charge in [0, 0.05) is 5.54 Å². The first kappa shape index (κ1) is 13.5. The normalized spacial score (nSPS) is 27.2. The third-order valence-corrected chi connectivity index (χ3v) is 6.49. The van der Waals surface area contributed by atoms with Crippen LogP contribution in [0, 0.1) is 0 Å². The van der Waals surface area contributed by atoms with Gasteiger partial charge < -0.3 is 0 Å². The molecule has 0 amide bonds. The summed E-state index contributed by atoms with van der Waals surface area (Å²) in [4.78, 5) is 0.149. The molecule has 7 heteroatoms. The highest BCUT2D eigenvalue weighted by atomic mass is 32.2. The zero-order valence-electron chi connectivity index (χ0n) is 9.96. The highest BCUT2D eigenvalue weighted by molar-refractivity contribution is 7.92. The van der Waals surface area contributed by atoms with E-state index in [9.17, 15) is 16.8 Å². The van der Waals surface area contributed by atoms with Crippen molar-refractivity contribution in [3.8, 4) is 0 Å². The van der Waals surface area contributed by atoms with Crippen LogP contribution in [0.25, 0.3) is 0 Å². The lowest BCUT2D eigenvalue weighted by atomic mass is 10.0. The predicted octanol–water partition coefficient (Wildman–Crippen LogP) is 0.542. The van der Waals surface area contributed by atoms with E-state index in [4.69, 9.17) is 0 Å². The molecule has 1 heterocycles. The van der Waals surface area contributed by atoms with Crippen LogP contribution < -0.4 is 4.72 Å². The van der Waals surface area contributed by atoms with E-state index >= 15 is 0 Å². The highest BCUT2D eigenvalue weighted by Gasteiger charge is 2.41. The minimum Gasteiger partial charge on any atom is -0.229 e. The van der Waals surface area contributed by atoms with E-state index in [0.717, 1.165) is 0 Å². The molecule has 1 aliphatic rings. The Morgan fingerprint density at radius 3 is 2.33 bits per heavy atom. The van der Waals surface area contributed by atoms with Gasteiger partial charge in [0.05, 0.1) is 16.4 Å². The molecule has 0 aromatic heterocycles. The first-order valence-corrected chi connectivity index (χ1v) is 8.82. The minimum atomic E-state index is -3.67. The highest BCUT2D eigenvalue weighted by Crippen LogP contribution is 2.25. The molecular formula is C11H15NO4S2. The molecular weight excluding hydrogens is 274 g/mol. The van der Waals surface area contributed by atoms with Crippen molar-refractivity contribution in [1.82, 2.24) is 4.72 Å². The zero-order valence-corrected chi connectivity index (χ0v) is 11.6. The van der Waals surface area contributed by atoms with E-state index in [0.29, 0.717) is 6.42 Å². The Labute approximate surface area is 107 Å². The van der Waals surface area contributed by atoms with Gasteiger partial charge in [-0.25, -0.2) is 21.6 Å². The maximum Gasteiger partial charge on any atom is 0.241 e. The van der Waals surface area contributed by atoms with Crippen molar-refractivity contribution < 1.29 is 16.8 Å². The van der Waals surface area contributed by atoms with E-state index in [1.54, 1.807) is 25.1 Å². The van der Waals surface area contributed by atoms with Crippen LogP contribution in [-0.2, 0) is 19.9 Å². The maximum absolute atomic E-state index is 12.1. The smallest absolute Gasteiger partial charge is 0.229 e. The molecule has 0 unspecified atom stereocenters. The van der Waals surface area contributed by atoms with E-state index < -0.39 is 25.4 Å². The van der Waals surface area contributed by atoms with Crippen LogP contribution >= 0.6 is 0 Å². The fourth-order valence-electron chi connectivity index (χ4n) is 2.07. The number of rotatable bonds is 3. The number of nitrogens with one attached hydrogen (secondary N) is 1. The summed E-state index contributed by atoms with van der Waals surface area (Å²) in [6, 6.07) is 7.94. The van der Waals surface area contributed by atoms with Crippen molar-refractivity contribution in [3.05, 3.63) is 30.3 Å². The molecule has 1 N–H and O–H groups in total. The lowest BCUT2D eigenvalue weighted by Crippen LogP contribution is -2.46. The summed E-state index contributed by atoms with van der Waals surface area (Å²) in [5, 5.41) is 0. The largest absolute Gasteiger partial charge is 0.241 e. The maximum atomic E-state index is 12.1. The summed E-state index contributed by atoms with van der Waals surface area (Å²) < 4.78 is 49.6. The summed E-state index contributed by atoms with van der Waals surface area (Å²) in [5.74, 6) is -0.118. The van der Waals surface area contributed by atoms with Crippen LogP contribution in [0.2, 0.25) is 0 Å². The third kappa shape index (κ3) is 2.90. The number of hydrogen-bond donors (Lipinski definition) is 1. The Hall–Kier alpha value is -0.920. The van der Waals surface area contributed by atoms with Gasteiger partial charge in [0.25, 0.3) is 0 Å². The second kappa shape index (κ2) is 4.32. The summed E-state index contributed by atoms with van der Waals surface area (Å²) in [7, 11) is -6.80. The van der Waals surface area contributed by atoms with Crippen molar-refractivity contribution in [2.45, 2.75) is 23.8 Å². The van der Waals surface area contributed by atoms with E-state index in [1.807, 2.05) is 0 Å². The minimum absolute atomic E-state index is 0.0286. The summed E-state index contributed by atoms with van der Waals surface area (Å²) in [5.41, 5.74) is -0.909. The molecule has 0 bridgehead atoms. The molecule has 0 radical (unpaired) electrons. The Balaban J connectivity index is 2.25. The van der Waals surface area contributed by atoms with Gasteiger partial charge in [-0.05, 0) is 25.5 Å². The lowest BCUT2D eigenvalue weighted by Gasteiger charge is -2.23. The predicted molar refractivity (Wildman–Crippen MR) is 68.4 cm³/mol.